The molecule has 1 aromatic heterocycles. The average Bonchev–Trinajstić information content (AvgIpc) is 3.08. The molecule has 0 aliphatic carbocycles. The lowest BCUT2D eigenvalue weighted by Crippen LogP contribution is -2.49. The molecule has 0 saturated heterocycles. The van der Waals surface area contributed by atoms with Crippen molar-refractivity contribution < 1.29 is 14.2 Å². The zero-order valence-corrected chi connectivity index (χ0v) is 16.1. The Labute approximate surface area is 165 Å². The minimum Gasteiger partial charge on any atom is -0.303 e. The Morgan fingerprint density at radius 2 is 1.54 bits per heavy atom. The number of hydrogen-bond acceptors (Lipinski definition) is 2. The summed E-state index contributed by atoms with van der Waals surface area (Å²) < 4.78 is 1.86. The number of anilines is 1. The molecule has 1 aliphatic rings. The number of hydrogen-bond donors (Lipinski definition) is 0. The van der Waals surface area contributed by atoms with Crippen molar-refractivity contribution in [1.29, 1.82) is 0 Å². The van der Waals surface area contributed by atoms with E-state index in [-0.39, 0.29) is 23.8 Å². The van der Waals surface area contributed by atoms with E-state index in [1.807, 2.05) is 77.3 Å². The Morgan fingerprint density at radius 3 is 2.25 bits per heavy atom. The Balaban J connectivity index is 1.55. The van der Waals surface area contributed by atoms with E-state index >= 15 is 0 Å². The molecule has 2 heterocycles. The third-order valence-electron chi connectivity index (χ3n) is 5.40. The van der Waals surface area contributed by atoms with Crippen molar-refractivity contribution in [3.05, 3.63) is 95.8 Å². The highest BCUT2D eigenvalue weighted by Gasteiger charge is 2.36. The predicted molar refractivity (Wildman–Crippen MR) is 108 cm³/mol. The van der Waals surface area contributed by atoms with E-state index in [2.05, 4.69) is 13.0 Å². The second-order valence-corrected chi connectivity index (χ2v) is 7.30. The minimum atomic E-state index is -0.352. The van der Waals surface area contributed by atoms with Crippen LogP contribution in [-0.4, -0.2) is 17.7 Å². The second-order valence-electron chi connectivity index (χ2n) is 7.30. The van der Waals surface area contributed by atoms with Crippen LogP contribution in [0.2, 0.25) is 0 Å². The van der Waals surface area contributed by atoms with Crippen molar-refractivity contribution in [2.75, 3.05) is 4.90 Å². The lowest BCUT2D eigenvalue weighted by molar-refractivity contribution is -0.705. The molecule has 1 aliphatic heterocycles. The summed E-state index contributed by atoms with van der Waals surface area (Å²) in [5.74, 6) is 0.0402. The van der Waals surface area contributed by atoms with Gasteiger partial charge in [-0.3, -0.25) is 9.59 Å². The quantitative estimate of drug-likeness (QED) is 0.518. The summed E-state index contributed by atoms with van der Waals surface area (Å²) in [6.45, 7) is 3.98. The lowest BCUT2D eigenvalue weighted by Gasteiger charge is -2.23. The van der Waals surface area contributed by atoms with Gasteiger partial charge in [0.2, 0.25) is 6.04 Å². The maximum Gasteiger partial charge on any atom is 0.296 e. The minimum absolute atomic E-state index is 0.0196. The summed E-state index contributed by atoms with van der Waals surface area (Å²) in [5, 5.41) is 0. The summed E-state index contributed by atoms with van der Waals surface area (Å²) in [4.78, 5) is 27.7. The zero-order valence-electron chi connectivity index (χ0n) is 16.1. The zero-order chi connectivity index (χ0) is 19.7. The first-order chi connectivity index (χ1) is 13.6. The van der Waals surface area contributed by atoms with Crippen LogP contribution < -0.4 is 9.47 Å². The van der Waals surface area contributed by atoms with Crippen LogP contribution in [0.1, 0.15) is 41.4 Å². The van der Waals surface area contributed by atoms with Crippen molar-refractivity contribution in [3.63, 3.8) is 0 Å². The number of carbonyl (C=O) groups is 2. The van der Waals surface area contributed by atoms with Gasteiger partial charge in [0.15, 0.2) is 18.2 Å². The molecule has 140 valence electrons. The van der Waals surface area contributed by atoms with Crippen LogP contribution in [0.15, 0.2) is 79.1 Å². The molecule has 4 rings (SSSR count). The number of carbonyl (C=O) groups excluding carboxylic acids is 2. The molecular weight excluding hydrogens is 348 g/mol. The van der Waals surface area contributed by atoms with Crippen molar-refractivity contribution in [2.45, 2.75) is 32.4 Å². The predicted octanol–water partition coefficient (Wildman–Crippen LogP) is 3.74. The number of rotatable bonds is 4. The Morgan fingerprint density at radius 1 is 0.929 bits per heavy atom. The van der Waals surface area contributed by atoms with Crippen LogP contribution in [0.4, 0.5) is 5.69 Å². The molecule has 2 atom stereocenters. The van der Waals surface area contributed by atoms with Gasteiger partial charge >= 0.3 is 0 Å². The van der Waals surface area contributed by atoms with Crippen LogP contribution >= 0.6 is 0 Å². The van der Waals surface area contributed by atoms with Crippen LogP contribution in [0.3, 0.4) is 0 Å². The molecule has 28 heavy (non-hydrogen) atoms. The number of amides is 1. The summed E-state index contributed by atoms with van der Waals surface area (Å²) >= 11 is 0. The summed E-state index contributed by atoms with van der Waals surface area (Å²) in [7, 11) is 0. The van der Waals surface area contributed by atoms with Crippen LogP contribution in [0, 0.1) is 0 Å². The van der Waals surface area contributed by atoms with Crippen LogP contribution in [0.5, 0.6) is 0 Å². The topological polar surface area (TPSA) is 41.3 Å². The Hall–Kier alpha value is -3.27. The summed E-state index contributed by atoms with van der Waals surface area (Å²) in [5.41, 5.74) is 3.49. The van der Waals surface area contributed by atoms with E-state index in [9.17, 15) is 9.59 Å². The van der Waals surface area contributed by atoms with Gasteiger partial charge in [-0.25, -0.2) is 0 Å². The number of pyridine rings is 1. The first kappa shape index (κ1) is 18.1. The van der Waals surface area contributed by atoms with E-state index in [0.29, 0.717) is 11.1 Å². The normalized spacial score (nSPS) is 16.5. The maximum absolute atomic E-state index is 13.2. The van der Waals surface area contributed by atoms with Crippen LogP contribution in [0.25, 0.3) is 0 Å². The molecule has 0 fully saturated rings. The maximum atomic E-state index is 13.2. The van der Waals surface area contributed by atoms with E-state index < -0.39 is 0 Å². The summed E-state index contributed by atoms with van der Waals surface area (Å²) in [6.07, 6.45) is 4.50. The van der Waals surface area contributed by atoms with Gasteiger partial charge < -0.3 is 4.90 Å². The Bertz CT molecular complexity index is 1010. The Kier molecular flexibility index (Phi) is 4.78. The molecule has 0 spiro atoms. The first-order valence-electron chi connectivity index (χ1n) is 9.58. The van der Waals surface area contributed by atoms with E-state index in [4.69, 9.17) is 0 Å². The van der Waals surface area contributed by atoms with Crippen molar-refractivity contribution in [3.8, 4) is 0 Å². The highest BCUT2D eigenvalue weighted by Crippen LogP contribution is 2.32. The highest BCUT2D eigenvalue weighted by atomic mass is 16.2. The molecule has 0 bridgehead atoms. The number of aromatic nitrogens is 1. The third kappa shape index (κ3) is 3.22. The van der Waals surface area contributed by atoms with Gasteiger partial charge in [0.25, 0.3) is 5.91 Å². The number of ketones is 1. The van der Waals surface area contributed by atoms with E-state index in [1.54, 1.807) is 12.1 Å². The highest BCUT2D eigenvalue weighted by molar-refractivity contribution is 6.08. The molecule has 0 saturated carbocycles. The number of fused-ring (bicyclic) bond motifs is 1. The number of nitrogens with zero attached hydrogens (tertiary/aromatic N) is 2. The fourth-order valence-electron chi connectivity index (χ4n) is 3.83. The van der Waals surface area contributed by atoms with Gasteiger partial charge in [-0.05, 0) is 25.0 Å². The van der Waals surface area contributed by atoms with E-state index in [1.165, 1.54) is 5.56 Å². The van der Waals surface area contributed by atoms with Crippen molar-refractivity contribution in [2.24, 2.45) is 0 Å². The van der Waals surface area contributed by atoms with Gasteiger partial charge in [0, 0.05) is 41.9 Å². The largest absolute Gasteiger partial charge is 0.303 e. The van der Waals surface area contributed by atoms with Gasteiger partial charge in [-0.1, -0.05) is 48.5 Å². The molecule has 0 unspecified atom stereocenters. The fraction of sp³-hybridized carbons (Fsp3) is 0.208. The lowest BCUT2D eigenvalue weighted by atomic mass is 10.0. The van der Waals surface area contributed by atoms with Gasteiger partial charge in [0.1, 0.15) is 0 Å². The SMILES string of the molecule is C[C@@H]1Cc2ccccc2N1C(=O)[C@@H](C)[n+]1ccc(C(=O)c2ccccc2)cc1. The number of benzene rings is 2. The third-order valence-corrected chi connectivity index (χ3v) is 5.40. The molecule has 4 heteroatoms. The van der Waals surface area contributed by atoms with Gasteiger partial charge in [0.05, 0.1) is 0 Å². The molecule has 1 amide bonds. The first-order valence-corrected chi connectivity index (χ1v) is 9.58. The summed E-state index contributed by atoms with van der Waals surface area (Å²) in [6, 6.07) is 20.6. The van der Waals surface area contributed by atoms with Gasteiger partial charge in [-0.15, -0.1) is 0 Å². The second kappa shape index (κ2) is 7.39. The molecule has 3 aromatic rings. The molecule has 0 N–H and O–H groups in total. The number of para-hydroxylation sites is 1. The van der Waals surface area contributed by atoms with Crippen molar-refractivity contribution in [1.82, 2.24) is 0 Å². The van der Waals surface area contributed by atoms with E-state index in [0.717, 1.165) is 12.1 Å². The molecule has 0 radical (unpaired) electrons. The standard InChI is InChI=1S/C24H23N2O2/c1-17-16-21-10-6-7-11-22(21)26(17)24(28)18(2)25-14-12-20(13-15-25)23(27)19-8-4-3-5-9-19/h3-15,17-18H,16H2,1-2H3/q+1/t17-,18-/m1/s1. The van der Waals surface area contributed by atoms with Crippen LogP contribution in [-0.2, 0) is 11.2 Å². The fourth-order valence-corrected chi connectivity index (χ4v) is 3.83. The molecular formula is C24H23N2O2+. The van der Waals surface area contributed by atoms with Crippen molar-refractivity contribution >= 4 is 17.4 Å². The molecule has 2 aromatic carbocycles. The average molecular weight is 371 g/mol. The van der Waals surface area contributed by atoms with Gasteiger partial charge in [-0.2, -0.15) is 4.57 Å². The molecule has 4 nitrogen and oxygen atoms in total. The smallest absolute Gasteiger partial charge is 0.296 e. The monoisotopic (exact) mass is 371 g/mol.